The van der Waals surface area contributed by atoms with Crippen molar-refractivity contribution in [3.63, 3.8) is 0 Å². The second-order valence-electron chi connectivity index (χ2n) is 1.85. The number of hydrogen-bond acceptors (Lipinski definition) is 1. The van der Waals surface area contributed by atoms with Gasteiger partial charge in [0.2, 0.25) is 0 Å². The molecule has 1 heteroatoms. The van der Waals surface area contributed by atoms with E-state index in [0.717, 1.165) is 6.42 Å². The smallest absolute Gasteiger partial charge is 0.00368 e. The fourth-order valence-corrected chi connectivity index (χ4v) is 0.649. The molecule has 0 atom stereocenters. The van der Waals surface area contributed by atoms with E-state index in [-0.39, 0.29) is 0 Å². The molecule has 1 heterocycles. The molecule has 0 aliphatic carbocycles. The molecule has 1 aliphatic rings. The minimum atomic E-state index is 0.838. The number of nitrogens with one attached hydrogen (secondary N) is 1. The molecule has 1 aliphatic heterocycles. The number of rotatable bonds is 1. The Bertz CT molecular complexity index is 163. The zero-order valence-electron chi connectivity index (χ0n) is 5.30. The lowest BCUT2D eigenvalue weighted by Gasteiger charge is -1.92. The van der Waals surface area contributed by atoms with Crippen LogP contribution in [-0.4, -0.2) is 0 Å². The van der Waals surface area contributed by atoms with E-state index in [9.17, 15) is 0 Å². The van der Waals surface area contributed by atoms with Crippen LogP contribution in [0.25, 0.3) is 0 Å². The largest absolute Gasteiger partial charge is 0.367 e. The van der Waals surface area contributed by atoms with Gasteiger partial charge in [0.1, 0.15) is 0 Å². The summed E-state index contributed by atoms with van der Waals surface area (Å²) in [6.45, 7) is 3.76. The number of hydrogen-bond donors (Lipinski definition) is 1. The fraction of sp³-hybridized carbons (Fsp3) is 0.125. The van der Waals surface area contributed by atoms with Gasteiger partial charge in [0.15, 0.2) is 0 Å². The summed E-state index contributed by atoms with van der Waals surface area (Å²) in [5, 5.41) is 3.00. The monoisotopic (exact) mass is 120 g/mol. The molecule has 1 radical (unpaired) electrons. The summed E-state index contributed by atoms with van der Waals surface area (Å²) in [5.74, 6) is 0. The average molecular weight is 120 g/mol. The summed E-state index contributed by atoms with van der Waals surface area (Å²) in [5.41, 5.74) is 1.22. The Balaban J connectivity index is 2.63. The van der Waals surface area contributed by atoms with Crippen LogP contribution in [0, 0.1) is 6.92 Å². The number of allylic oxidation sites excluding steroid dienone is 4. The van der Waals surface area contributed by atoms with E-state index < -0.39 is 0 Å². The Kier molecular flexibility index (Phi) is 2.13. The highest BCUT2D eigenvalue weighted by molar-refractivity contribution is 5.25. The van der Waals surface area contributed by atoms with Gasteiger partial charge in [0, 0.05) is 12.4 Å². The quantitative estimate of drug-likeness (QED) is 0.556. The maximum absolute atomic E-state index is 3.76. The predicted octanol–water partition coefficient (Wildman–Crippen LogP) is 1.77. The van der Waals surface area contributed by atoms with Crippen molar-refractivity contribution in [2.45, 2.75) is 6.42 Å². The first-order chi connectivity index (χ1) is 4.43. The zero-order valence-corrected chi connectivity index (χ0v) is 5.30. The van der Waals surface area contributed by atoms with Crippen molar-refractivity contribution in [3.05, 3.63) is 43.1 Å². The summed E-state index contributed by atoms with van der Waals surface area (Å²) in [6, 6.07) is 0. The van der Waals surface area contributed by atoms with Crippen LogP contribution < -0.4 is 5.32 Å². The minimum Gasteiger partial charge on any atom is -0.367 e. The second-order valence-corrected chi connectivity index (χ2v) is 1.85. The van der Waals surface area contributed by atoms with Crippen molar-refractivity contribution in [1.29, 1.82) is 0 Å². The first-order valence-electron chi connectivity index (χ1n) is 3.01. The molecule has 0 saturated carbocycles. The SMILES string of the molecule is [CH2]CC1=CNC=CC=C1. The highest BCUT2D eigenvalue weighted by atomic mass is 14.8. The summed E-state index contributed by atoms with van der Waals surface area (Å²) in [6.07, 6.45) is 10.7. The van der Waals surface area contributed by atoms with E-state index in [0.29, 0.717) is 0 Å². The standard InChI is InChI=1S/C8H10N/c1-2-8-5-3-4-6-9-7-8/h3-7,9H,1-2H2. The molecule has 9 heavy (non-hydrogen) atoms. The molecule has 0 spiro atoms. The maximum Gasteiger partial charge on any atom is 0.00368 e. The Hall–Kier alpha value is -0.980. The molecule has 0 aromatic rings. The van der Waals surface area contributed by atoms with Crippen LogP contribution in [0.15, 0.2) is 36.2 Å². The molecule has 0 aromatic heterocycles. The van der Waals surface area contributed by atoms with Gasteiger partial charge in [0.25, 0.3) is 0 Å². The normalized spacial score (nSPS) is 16.3. The highest BCUT2D eigenvalue weighted by Gasteiger charge is 1.86. The molecule has 1 N–H and O–H groups in total. The van der Waals surface area contributed by atoms with Gasteiger partial charge in [-0.05, 0) is 25.0 Å². The predicted molar refractivity (Wildman–Crippen MR) is 39.5 cm³/mol. The van der Waals surface area contributed by atoms with Crippen LogP contribution in [-0.2, 0) is 0 Å². The van der Waals surface area contributed by atoms with Crippen LogP contribution in [0.3, 0.4) is 0 Å². The molecule has 0 bridgehead atoms. The van der Waals surface area contributed by atoms with Crippen molar-refractivity contribution < 1.29 is 0 Å². The van der Waals surface area contributed by atoms with Crippen molar-refractivity contribution in [3.8, 4) is 0 Å². The Morgan fingerprint density at radius 1 is 1.44 bits per heavy atom. The van der Waals surface area contributed by atoms with Crippen LogP contribution in [0.5, 0.6) is 0 Å². The summed E-state index contributed by atoms with van der Waals surface area (Å²) in [7, 11) is 0. The third-order valence-electron chi connectivity index (χ3n) is 1.17. The second kappa shape index (κ2) is 3.13. The minimum absolute atomic E-state index is 0.838. The van der Waals surface area contributed by atoms with Crippen LogP contribution in [0.4, 0.5) is 0 Å². The van der Waals surface area contributed by atoms with Gasteiger partial charge in [0.05, 0.1) is 0 Å². The molecule has 0 aromatic carbocycles. The van der Waals surface area contributed by atoms with Crippen molar-refractivity contribution >= 4 is 0 Å². The van der Waals surface area contributed by atoms with Gasteiger partial charge >= 0.3 is 0 Å². The zero-order chi connectivity index (χ0) is 6.53. The lowest BCUT2D eigenvalue weighted by atomic mass is 10.2. The van der Waals surface area contributed by atoms with E-state index in [1.54, 1.807) is 0 Å². The fourth-order valence-electron chi connectivity index (χ4n) is 0.649. The van der Waals surface area contributed by atoms with Crippen LogP contribution in [0.1, 0.15) is 6.42 Å². The molecular formula is C8H10N. The Labute approximate surface area is 55.8 Å². The van der Waals surface area contributed by atoms with Crippen molar-refractivity contribution in [1.82, 2.24) is 5.32 Å². The highest BCUT2D eigenvalue weighted by Crippen LogP contribution is 2.02. The third kappa shape index (κ3) is 1.76. The Morgan fingerprint density at radius 3 is 3.11 bits per heavy atom. The first kappa shape index (κ1) is 6.14. The third-order valence-corrected chi connectivity index (χ3v) is 1.17. The van der Waals surface area contributed by atoms with Gasteiger partial charge in [-0.25, -0.2) is 0 Å². The van der Waals surface area contributed by atoms with Gasteiger partial charge < -0.3 is 5.32 Å². The molecule has 1 rings (SSSR count). The van der Waals surface area contributed by atoms with E-state index in [4.69, 9.17) is 0 Å². The van der Waals surface area contributed by atoms with E-state index in [2.05, 4.69) is 12.2 Å². The molecule has 0 amide bonds. The Morgan fingerprint density at radius 2 is 2.33 bits per heavy atom. The lowest BCUT2D eigenvalue weighted by molar-refractivity contribution is 1.14. The molecule has 0 unspecified atom stereocenters. The summed E-state index contributed by atoms with van der Waals surface area (Å²) >= 11 is 0. The molecule has 1 nitrogen and oxygen atoms in total. The van der Waals surface area contributed by atoms with Gasteiger partial charge in [-0.2, -0.15) is 0 Å². The molecule has 47 valence electrons. The topological polar surface area (TPSA) is 12.0 Å². The molecule has 0 saturated heterocycles. The van der Waals surface area contributed by atoms with E-state index in [1.165, 1.54) is 5.57 Å². The summed E-state index contributed by atoms with van der Waals surface area (Å²) < 4.78 is 0. The first-order valence-corrected chi connectivity index (χ1v) is 3.01. The van der Waals surface area contributed by atoms with Gasteiger partial charge in [-0.1, -0.05) is 12.2 Å². The van der Waals surface area contributed by atoms with Gasteiger partial charge in [-0.15, -0.1) is 0 Å². The maximum atomic E-state index is 3.76. The van der Waals surface area contributed by atoms with Crippen LogP contribution >= 0.6 is 0 Å². The molecular weight excluding hydrogens is 110 g/mol. The summed E-state index contributed by atoms with van der Waals surface area (Å²) in [4.78, 5) is 0. The molecule has 0 fully saturated rings. The lowest BCUT2D eigenvalue weighted by Crippen LogP contribution is -1.91. The van der Waals surface area contributed by atoms with Gasteiger partial charge in [-0.3, -0.25) is 0 Å². The van der Waals surface area contributed by atoms with Crippen LogP contribution in [0.2, 0.25) is 0 Å². The van der Waals surface area contributed by atoms with Crippen molar-refractivity contribution in [2.24, 2.45) is 0 Å². The van der Waals surface area contributed by atoms with E-state index in [1.807, 2.05) is 30.6 Å². The average Bonchev–Trinajstić information content (AvgIpc) is 2.13. The van der Waals surface area contributed by atoms with Crippen molar-refractivity contribution in [2.75, 3.05) is 0 Å². The van der Waals surface area contributed by atoms with E-state index >= 15 is 0 Å².